The molecule has 0 spiro atoms. The van der Waals surface area contributed by atoms with Gasteiger partial charge in [0.25, 0.3) is 0 Å². The van der Waals surface area contributed by atoms with Crippen LogP contribution in [0.5, 0.6) is 0 Å². The molecule has 0 aromatic carbocycles. The highest BCUT2D eigenvalue weighted by Gasteiger charge is 2.26. The molecule has 42 valence electrons. The molecule has 0 amide bonds. The van der Waals surface area contributed by atoms with Crippen molar-refractivity contribution in [3.8, 4) is 0 Å². The van der Waals surface area contributed by atoms with Gasteiger partial charge in [-0.15, -0.1) is 0 Å². The molecule has 0 bridgehead atoms. The Hall–Kier alpha value is 0.370. The molecule has 0 aliphatic heterocycles. The topological polar surface area (TPSA) is 0 Å². The first kappa shape index (κ1) is 7.37. The standard InChI is InChI=1S/C3H2BrClF2/c1-2(4)3(5,6)7/h1H2. The van der Waals surface area contributed by atoms with Crippen LogP contribution in [0.1, 0.15) is 0 Å². The largest absolute Gasteiger partial charge is 0.353 e. The van der Waals surface area contributed by atoms with Gasteiger partial charge in [-0.05, 0) is 27.5 Å². The van der Waals surface area contributed by atoms with Crippen LogP contribution < -0.4 is 0 Å². The van der Waals surface area contributed by atoms with Gasteiger partial charge in [0.05, 0.1) is 4.48 Å². The van der Waals surface area contributed by atoms with Crippen LogP contribution >= 0.6 is 27.5 Å². The van der Waals surface area contributed by atoms with Crippen LogP contribution in [0.2, 0.25) is 0 Å². The summed E-state index contributed by atoms with van der Waals surface area (Å²) in [5.41, 5.74) is 0. The molecule has 0 unspecified atom stereocenters. The van der Waals surface area contributed by atoms with Crippen molar-refractivity contribution in [2.24, 2.45) is 0 Å². The molecule has 0 N–H and O–H groups in total. The van der Waals surface area contributed by atoms with E-state index in [2.05, 4.69) is 34.1 Å². The maximum Gasteiger partial charge on any atom is 0.353 e. The molecule has 0 aromatic heterocycles. The van der Waals surface area contributed by atoms with E-state index >= 15 is 0 Å². The summed E-state index contributed by atoms with van der Waals surface area (Å²) < 4.78 is 22.4. The van der Waals surface area contributed by atoms with Gasteiger partial charge in [0.2, 0.25) is 0 Å². The summed E-state index contributed by atoms with van der Waals surface area (Å²) in [5.74, 6) is 0. The van der Waals surface area contributed by atoms with Gasteiger partial charge in [0.15, 0.2) is 0 Å². The number of halogens is 4. The molecule has 0 fully saturated rings. The molecule has 0 nitrogen and oxygen atoms in total. The van der Waals surface area contributed by atoms with E-state index < -0.39 is 9.86 Å². The Morgan fingerprint density at radius 2 is 1.86 bits per heavy atom. The van der Waals surface area contributed by atoms with Crippen LogP contribution in [0.3, 0.4) is 0 Å². The third-order valence-corrected chi connectivity index (χ3v) is 1.26. The molecule has 0 saturated heterocycles. The highest BCUT2D eigenvalue weighted by atomic mass is 79.9. The van der Waals surface area contributed by atoms with Crippen molar-refractivity contribution in [2.75, 3.05) is 0 Å². The van der Waals surface area contributed by atoms with E-state index in [1.165, 1.54) is 0 Å². The fourth-order valence-corrected chi connectivity index (χ4v) is 0. The van der Waals surface area contributed by atoms with Gasteiger partial charge >= 0.3 is 5.38 Å². The molecule has 7 heavy (non-hydrogen) atoms. The molecule has 0 atom stereocenters. The molecule has 0 aromatic rings. The van der Waals surface area contributed by atoms with Crippen molar-refractivity contribution in [1.29, 1.82) is 0 Å². The number of allylic oxidation sites excluding steroid dienone is 1. The van der Waals surface area contributed by atoms with Gasteiger partial charge in [-0.1, -0.05) is 6.58 Å². The maximum atomic E-state index is 11.5. The zero-order valence-corrected chi connectivity index (χ0v) is 5.56. The molecular weight excluding hydrogens is 189 g/mol. The third-order valence-electron chi connectivity index (χ3n) is 0.308. The monoisotopic (exact) mass is 190 g/mol. The molecule has 0 aliphatic carbocycles. The predicted molar refractivity (Wildman–Crippen MR) is 28.9 cm³/mol. The summed E-state index contributed by atoms with van der Waals surface area (Å²) in [4.78, 5) is 0. The van der Waals surface area contributed by atoms with Crippen molar-refractivity contribution in [3.05, 3.63) is 11.1 Å². The van der Waals surface area contributed by atoms with Crippen LogP contribution in [-0.2, 0) is 0 Å². The summed E-state index contributed by atoms with van der Waals surface area (Å²) in [6.45, 7) is 2.86. The van der Waals surface area contributed by atoms with E-state index in [0.717, 1.165) is 0 Å². The summed E-state index contributed by atoms with van der Waals surface area (Å²) in [7, 11) is 0. The third kappa shape index (κ3) is 3.00. The fourth-order valence-electron chi connectivity index (χ4n) is 0. The molecule has 0 saturated carbocycles. The van der Waals surface area contributed by atoms with E-state index in [9.17, 15) is 8.78 Å². The lowest BCUT2D eigenvalue weighted by atomic mass is 10.7. The molecule has 0 heterocycles. The highest BCUT2D eigenvalue weighted by molar-refractivity contribution is 9.11. The van der Waals surface area contributed by atoms with Crippen molar-refractivity contribution in [1.82, 2.24) is 0 Å². The summed E-state index contributed by atoms with van der Waals surface area (Å²) in [6, 6.07) is 0. The molecule has 0 radical (unpaired) electrons. The summed E-state index contributed by atoms with van der Waals surface area (Å²) in [5, 5.41) is -3.31. The lowest BCUT2D eigenvalue weighted by Crippen LogP contribution is -2.02. The summed E-state index contributed by atoms with van der Waals surface area (Å²) >= 11 is 6.81. The van der Waals surface area contributed by atoms with E-state index in [1.54, 1.807) is 0 Å². The zero-order valence-electron chi connectivity index (χ0n) is 3.22. The van der Waals surface area contributed by atoms with Crippen LogP contribution in [-0.4, -0.2) is 5.38 Å². The Morgan fingerprint density at radius 1 is 1.71 bits per heavy atom. The van der Waals surface area contributed by atoms with Crippen molar-refractivity contribution >= 4 is 27.5 Å². The second kappa shape index (κ2) is 2.09. The van der Waals surface area contributed by atoms with Gasteiger partial charge < -0.3 is 0 Å². The van der Waals surface area contributed by atoms with E-state index in [0.29, 0.717) is 0 Å². The molecular formula is C3H2BrClF2. The van der Waals surface area contributed by atoms with Crippen LogP contribution in [0, 0.1) is 0 Å². The SMILES string of the molecule is C=C(Br)C(F)(F)Cl. The Morgan fingerprint density at radius 3 is 1.86 bits per heavy atom. The Bertz CT molecular complexity index is 85.4. The minimum Gasteiger partial charge on any atom is -0.183 e. The predicted octanol–water partition coefficient (Wildman–Crippen LogP) is 2.73. The first-order valence-corrected chi connectivity index (χ1v) is 2.53. The van der Waals surface area contributed by atoms with Gasteiger partial charge in [-0.2, -0.15) is 8.78 Å². The van der Waals surface area contributed by atoms with E-state index in [1.807, 2.05) is 0 Å². The molecule has 4 heteroatoms. The summed E-state index contributed by atoms with van der Waals surface area (Å²) in [6.07, 6.45) is 0. The van der Waals surface area contributed by atoms with Crippen molar-refractivity contribution in [3.63, 3.8) is 0 Å². The number of rotatable bonds is 1. The maximum absolute atomic E-state index is 11.5. The van der Waals surface area contributed by atoms with Gasteiger partial charge in [-0.25, -0.2) is 0 Å². The molecule has 0 aliphatic rings. The van der Waals surface area contributed by atoms with E-state index in [4.69, 9.17) is 0 Å². The van der Waals surface area contributed by atoms with Crippen molar-refractivity contribution in [2.45, 2.75) is 5.38 Å². The average Bonchev–Trinajstić information content (AvgIpc) is 1.31. The quantitative estimate of drug-likeness (QED) is 0.559. The average molecular weight is 191 g/mol. The smallest absolute Gasteiger partial charge is 0.183 e. The van der Waals surface area contributed by atoms with Crippen LogP contribution in [0.15, 0.2) is 11.1 Å². The van der Waals surface area contributed by atoms with E-state index in [-0.39, 0.29) is 0 Å². The minimum atomic E-state index is -3.31. The van der Waals surface area contributed by atoms with Gasteiger partial charge in [0, 0.05) is 0 Å². The van der Waals surface area contributed by atoms with Crippen LogP contribution in [0.4, 0.5) is 8.78 Å². The van der Waals surface area contributed by atoms with Crippen molar-refractivity contribution < 1.29 is 8.78 Å². The first-order chi connectivity index (χ1) is 2.94. The minimum absolute atomic E-state index is 0.512. The number of alkyl halides is 3. The fraction of sp³-hybridized carbons (Fsp3) is 0.333. The van der Waals surface area contributed by atoms with Gasteiger partial charge in [0.1, 0.15) is 0 Å². The lowest BCUT2D eigenvalue weighted by Gasteiger charge is -2.01. The van der Waals surface area contributed by atoms with Gasteiger partial charge in [-0.3, -0.25) is 0 Å². The Balaban J connectivity index is 3.79. The normalized spacial score (nSPS) is 11.4. The molecule has 0 rings (SSSR count). The Labute approximate surface area is 53.3 Å². The number of hydrogen-bond donors (Lipinski definition) is 0. The second-order valence-corrected chi connectivity index (χ2v) is 2.33. The Kier molecular flexibility index (Phi) is 2.20. The van der Waals surface area contributed by atoms with Crippen LogP contribution in [0.25, 0.3) is 0 Å². The zero-order chi connectivity index (χ0) is 6.08. The first-order valence-electron chi connectivity index (χ1n) is 1.36. The highest BCUT2D eigenvalue weighted by Crippen LogP contribution is 2.30. The second-order valence-electron chi connectivity index (χ2n) is 0.903. The number of hydrogen-bond acceptors (Lipinski definition) is 0. The lowest BCUT2D eigenvalue weighted by molar-refractivity contribution is 0.150.